The summed E-state index contributed by atoms with van der Waals surface area (Å²) in [5.74, 6) is -0.843. The summed E-state index contributed by atoms with van der Waals surface area (Å²) in [5, 5.41) is 27.9. The number of aliphatic carboxylic acids is 2. The van der Waals surface area contributed by atoms with Crippen molar-refractivity contribution >= 4 is 35.7 Å². The second-order valence-electron chi connectivity index (χ2n) is 9.09. The first kappa shape index (κ1) is 30.8. The minimum atomic E-state index is -1.45. The Labute approximate surface area is 215 Å². The lowest BCUT2D eigenvalue weighted by Gasteiger charge is -2.25. The first-order valence-corrected chi connectivity index (χ1v) is 11.7. The first-order valence-electron chi connectivity index (χ1n) is 11.7. The van der Waals surface area contributed by atoms with Crippen LogP contribution in [0.1, 0.15) is 58.4 Å². The third-order valence-corrected chi connectivity index (χ3v) is 4.78. The van der Waals surface area contributed by atoms with E-state index in [0.29, 0.717) is 24.1 Å². The molecule has 0 bridgehead atoms. The zero-order valence-corrected chi connectivity index (χ0v) is 21.1. The predicted molar refractivity (Wildman–Crippen MR) is 135 cm³/mol. The highest BCUT2D eigenvalue weighted by atomic mass is 16.6. The maximum Gasteiger partial charge on any atom is 0.329 e. The number of anilines is 1. The average molecular weight is 519 g/mol. The van der Waals surface area contributed by atoms with Crippen molar-refractivity contribution in [1.82, 2.24) is 16.0 Å². The molecule has 202 valence electrons. The largest absolute Gasteiger partial charge is 0.481 e. The molecule has 2 atom stereocenters. The molecule has 0 aliphatic rings. The van der Waals surface area contributed by atoms with E-state index in [1.54, 1.807) is 45.0 Å². The quantitative estimate of drug-likeness (QED) is 0.130. The number of para-hydroxylation sites is 1. The standard InChI is InChI=1S/C25H34N4O8/c1-5-16-10-6-7-11-17(16)27-23(35)26-15-9-8-12-19(22(34)37-25(2,3)4)29-24(36)28-18(21(32)33)13-14-20(30)31/h1,6-7,10-11,18-19H,8-9,12-15H2,2-4H3,(H,30,31)(H,32,33)(H2,26,27,35)(H2,28,29,36)/t18-,19?/m0/s1. The van der Waals surface area contributed by atoms with Gasteiger partial charge in [-0.15, -0.1) is 6.42 Å². The fourth-order valence-electron chi connectivity index (χ4n) is 3.07. The molecule has 1 rings (SSSR count). The van der Waals surface area contributed by atoms with Crippen molar-refractivity contribution in [3.8, 4) is 12.3 Å². The van der Waals surface area contributed by atoms with Gasteiger partial charge in [0.1, 0.15) is 17.7 Å². The summed E-state index contributed by atoms with van der Waals surface area (Å²) in [6.45, 7) is 5.26. The highest BCUT2D eigenvalue weighted by Gasteiger charge is 2.28. The number of carboxylic acids is 2. The summed E-state index contributed by atoms with van der Waals surface area (Å²) in [7, 11) is 0. The Kier molecular flexibility index (Phi) is 12.5. The fourth-order valence-corrected chi connectivity index (χ4v) is 3.07. The average Bonchev–Trinajstić information content (AvgIpc) is 2.79. The molecule has 0 aromatic heterocycles. The molecule has 1 aromatic rings. The molecule has 0 aliphatic heterocycles. The van der Waals surface area contributed by atoms with E-state index >= 15 is 0 Å². The lowest BCUT2D eigenvalue weighted by molar-refractivity contribution is -0.157. The van der Waals surface area contributed by atoms with Gasteiger partial charge in [0.2, 0.25) is 0 Å². The number of urea groups is 2. The molecular formula is C25H34N4O8. The van der Waals surface area contributed by atoms with Crippen LogP contribution in [-0.2, 0) is 19.1 Å². The second kappa shape index (κ2) is 15.0. The van der Waals surface area contributed by atoms with Gasteiger partial charge in [-0.1, -0.05) is 18.1 Å². The molecule has 1 aromatic carbocycles. The summed E-state index contributed by atoms with van der Waals surface area (Å²) in [6, 6.07) is 2.92. The Morgan fingerprint density at radius 3 is 2.22 bits per heavy atom. The maximum absolute atomic E-state index is 12.6. The van der Waals surface area contributed by atoms with E-state index in [1.807, 2.05) is 0 Å². The number of amides is 4. The number of terminal acetylenes is 1. The Hall–Kier alpha value is -4.27. The summed E-state index contributed by atoms with van der Waals surface area (Å²) in [5.41, 5.74) is 0.202. The molecule has 0 aliphatic carbocycles. The summed E-state index contributed by atoms with van der Waals surface area (Å²) < 4.78 is 5.34. The van der Waals surface area contributed by atoms with Gasteiger partial charge in [-0.2, -0.15) is 0 Å². The van der Waals surface area contributed by atoms with E-state index in [1.165, 1.54) is 0 Å². The predicted octanol–water partition coefficient (Wildman–Crippen LogP) is 2.29. The van der Waals surface area contributed by atoms with Gasteiger partial charge in [0.05, 0.1) is 5.69 Å². The summed E-state index contributed by atoms with van der Waals surface area (Å²) in [4.78, 5) is 59.2. The van der Waals surface area contributed by atoms with E-state index in [0.717, 1.165) is 0 Å². The van der Waals surface area contributed by atoms with Gasteiger partial charge < -0.3 is 36.2 Å². The lowest BCUT2D eigenvalue weighted by Crippen LogP contribution is -2.52. The van der Waals surface area contributed by atoms with E-state index in [9.17, 15) is 29.1 Å². The molecule has 4 amide bonds. The maximum atomic E-state index is 12.6. The van der Waals surface area contributed by atoms with Crippen molar-refractivity contribution in [1.29, 1.82) is 0 Å². The third-order valence-electron chi connectivity index (χ3n) is 4.78. The van der Waals surface area contributed by atoms with Gasteiger partial charge in [0.25, 0.3) is 0 Å². The topological polar surface area (TPSA) is 183 Å². The second-order valence-corrected chi connectivity index (χ2v) is 9.09. The number of benzene rings is 1. The number of hydrogen-bond acceptors (Lipinski definition) is 6. The highest BCUT2D eigenvalue weighted by Crippen LogP contribution is 2.14. The third kappa shape index (κ3) is 12.8. The van der Waals surface area contributed by atoms with Crippen LogP contribution in [0, 0.1) is 12.3 Å². The van der Waals surface area contributed by atoms with Crippen LogP contribution in [0.25, 0.3) is 0 Å². The molecule has 37 heavy (non-hydrogen) atoms. The normalized spacial score (nSPS) is 12.3. The number of esters is 1. The van der Waals surface area contributed by atoms with E-state index in [2.05, 4.69) is 27.2 Å². The van der Waals surface area contributed by atoms with Crippen molar-refractivity contribution in [3.63, 3.8) is 0 Å². The molecule has 0 spiro atoms. The Morgan fingerprint density at radius 1 is 0.973 bits per heavy atom. The minimum absolute atomic E-state index is 0.151. The van der Waals surface area contributed by atoms with Crippen molar-refractivity contribution in [2.75, 3.05) is 11.9 Å². The fraction of sp³-hybridized carbons (Fsp3) is 0.480. The minimum Gasteiger partial charge on any atom is -0.481 e. The summed E-state index contributed by atoms with van der Waals surface area (Å²) >= 11 is 0. The Bertz CT molecular complexity index is 1010. The van der Waals surface area contributed by atoms with Crippen molar-refractivity contribution < 1.29 is 38.9 Å². The van der Waals surface area contributed by atoms with Crippen molar-refractivity contribution in [2.24, 2.45) is 0 Å². The Balaban J connectivity index is 2.63. The van der Waals surface area contributed by atoms with Gasteiger partial charge in [0.15, 0.2) is 0 Å². The number of rotatable bonds is 13. The van der Waals surface area contributed by atoms with Crippen LogP contribution in [-0.4, -0.2) is 64.4 Å². The molecule has 0 heterocycles. The van der Waals surface area contributed by atoms with Gasteiger partial charge in [-0.05, 0) is 58.6 Å². The molecular weight excluding hydrogens is 484 g/mol. The van der Waals surface area contributed by atoms with Gasteiger partial charge in [-0.25, -0.2) is 19.2 Å². The highest BCUT2D eigenvalue weighted by molar-refractivity contribution is 5.90. The molecule has 12 heteroatoms. The number of carbonyl (C=O) groups excluding carboxylic acids is 3. The molecule has 1 unspecified atom stereocenters. The van der Waals surface area contributed by atoms with Crippen LogP contribution < -0.4 is 21.3 Å². The number of ether oxygens (including phenoxy) is 1. The smallest absolute Gasteiger partial charge is 0.329 e. The van der Waals surface area contributed by atoms with Crippen LogP contribution in [0.3, 0.4) is 0 Å². The van der Waals surface area contributed by atoms with Gasteiger partial charge in [0, 0.05) is 18.5 Å². The molecule has 6 N–H and O–H groups in total. The Morgan fingerprint density at radius 2 is 1.62 bits per heavy atom. The van der Waals surface area contributed by atoms with Gasteiger partial charge in [-0.3, -0.25) is 4.79 Å². The van der Waals surface area contributed by atoms with Gasteiger partial charge >= 0.3 is 30.0 Å². The number of hydrogen-bond donors (Lipinski definition) is 6. The number of carboxylic acid groups (broad SMARTS) is 2. The molecule has 0 fully saturated rings. The zero-order valence-electron chi connectivity index (χ0n) is 21.1. The van der Waals surface area contributed by atoms with E-state index in [-0.39, 0.29) is 19.4 Å². The van der Waals surface area contributed by atoms with Crippen LogP contribution in [0.5, 0.6) is 0 Å². The summed E-state index contributed by atoms with van der Waals surface area (Å²) in [6.07, 6.45) is 5.65. The SMILES string of the molecule is C#Cc1ccccc1NC(=O)NCCCCC(NC(=O)N[C@@H](CCC(=O)O)C(=O)O)C(=O)OC(C)(C)C. The van der Waals surface area contributed by atoms with Crippen LogP contribution in [0.4, 0.5) is 15.3 Å². The number of nitrogens with one attached hydrogen (secondary N) is 4. The van der Waals surface area contributed by atoms with Crippen molar-refractivity contribution in [3.05, 3.63) is 29.8 Å². The van der Waals surface area contributed by atoms with E-state index in [4.69, 9.17) is 16.3 Å². The molecule has 12 nitrogen and oxygen atoms in total. The number of carbonyl (C=O) groups is 5. The monoisotopic (exact) mass is 518 g/mol. The molecule has 0 radical (unpaired) electrons. The van der Waals surface area contributed by atoms with Crippen LogP contribution in [0.2, 0.25) is 0 Å². The number of unbranched alkanes of at least 4 members (excludes halogenated alkanes) is 1. The molecule has 0 saturated heterocycles. The van der Waals surface area contributed by atoms with Crippen molar-refractivity contribution in [2.45, 2.75) is 70.6 Å². The van der Waals surface area contributed by atoms with Crippen LogP contribution in [0.15, 0.2) is 24.3 Å². The van der Waals surface area contributed by atoms with E-state index < -0.39 is 54.1 Å². The molecule has 0 saturated carbocycles. The zero-order chi connectivity index (χ0) is 28.0. The first-order chi connectivity index (χ1) is 17.3. The van der Waals surface area contributed by atoms with Crippen LogP contribution >= 0.6 is 0 Å². The lowest BCUT2D eigenvalue weighted by atomic mass is 10.1.